The van der Waals surface area contributed by atoms with Crippen LogP contribution >= 0.6 is 11.6 Å². The first-order chi connectivity index (χ1) is 9.02. The van der Waals surface area contributed by atoms with Gasteiger partial charge in [-0.3, -0.25) is 4.79 Å². The van der Waals surface area contributed by atoms with Crippen LogP contribution in [0.5, 0.6) is 5.75 Å². The fourth-order valence-corrected chi connectivity index (χ4v) is 1.77. The number of carbonyl (C=O) groups is 1. The summed E-state index contributed by atoms with van der Waals surface area (Å²) in [5, 5.41) is 9.68. The lowest BCUT2D eigenvalue weighted by Gasteiger charge is -2.12. The van der Waals surface area contributed by atoms with Crippen LogP contribution in [0.2, 0.25) is 5.02 Å². The summed E-state index contributed by atoms with van der Waals surface area (Å²) < 4.78 is 6.27. The number of nitrogens with zero attached hydrogens (tertiary/aromatic N) is 1. The number of rotatable bonds is 3. The van der Waals surface area contributed by atoms with Gasteiger partial charge in [-0.05, 0) is 24.3 Å². The van der Waals surface area contributed by atoms with Crippen molar-refractivity contribution in [3.05, 3.63) is 57.5 Å². The predicted molar refractivity (Wildman–Crippen MR) is 70.6 cm³/mol. The highest BCUT2D eigenvalue weighted by Crippen LogP contribution is 2.17. The average Bonchev–Trinajstić information content (AvgIpc) is 2.39. The molecular weight excluding hydrogens is 270 g/mol. The molecule has 0 aliphatic carbocycles. The summed E-state index contributed by atoms with van der Waals surface area (Å²) in [6.45, 7) is 0. The standard InChI is InChI=1S/C13H10ClNO4/c1-19-12-7-15(9-4-2-8(14)3-5-9)10(13(17)18)6-11(12)16/h2-7H,1H3,(H,17,18). The number of halogens is 1. The Bertz CT molecular complexity index is 676. The summed E-state index contributed by atoms with van der Waals surface area (Å²) in [4.78, 5) is 22.8. The molecular formula is C13H10ClNO4. The Morgan fingerprint density at radius 2 is 1.95 bits per heavy atom. The fourth-order valence-electron chi connectivity index (χ4n) is 1.65. The van der Waals surface area contributed by atoms with Gasteiger partial charge in [0.05, 0.1) is 13.3 Å². The van der Waals surface area contributed by atoms with E-state index < -0.39 is 11.4 Å². The molecule has 0 amide bonds. The van der Waals surface area contributed by atoms with Gasteiger partial charge in [0, 0.05) is 16.8 Å². The Hall–Kier alpha value is -2.27. The molecule has 0 saturated carbocycles. The molecule has 1 N–H and O–H groups in total. The zero-order valence-corrected chi connectivity index (χ0v) is 10.7. The number of ether oxygens (including phenoxy) is 1. The molecule has 1 heterocycles. The molecule has 2 aromatic rings. The van der Waals surface area contributed by atoms with E-state index in [2.05, 4.69) is 0 Å². The molecule has 98 valence electrons. The van der Waals surface area contributed by atoms with Gasteiger partial charge in [-0.15, -0.1) is 0 Å². The second-order valence-corrected chi connectivity index (χ2v) is 4.18. The van der Waals surface area contributed by atoms with Crippen LogP contribution in [0, 0.1) is 0 Å². The van der Waals surface area contributed by atoms with Crippen molar-refractivity contribution in [2.75, 3.05) is 7.11 Å². The molecule has 0 radical (unpaired) electrons. The molecule has 0 aliphatic heterocycles. The number of carboxylic acids is 1. The van der Waals surface area contributed by atoms with E-state index in [0.717, 1.165) is 6.07 Å². The Kier molecular flexibility index (Phi) is 3.57. The zero-order chi connectivity index (χ0) is 14.0. The number of carboxylic acid groups (broad SMARTS) is 1. The normalized spacial score (nSPS) is 10.2. The van der Waals surface area contributed by atoms with Crippen molar-refractivity contribution in [3.63, 3.8) is 0 Å². The second kappa shape index (κ2) is 5.16. The minimum Gasteiger partial charge on any atom is -0.491 e. The molecule has 6 heteroatoms. The van der Waals surface area contributed by atoms with Gasteiger partial charge in [-0.25, -0.2) is 4.79 Å². The summed E-state index contributed by atoms with van der Waals surface area (Å²) in [6.07, 6.45) is 1.34. The molecule has 1 aromatic heterocycles. The molecule has 19 heavy (non-hydrogen) atoms. The van der Waals surface area contributed by atoms with E-state index in [1.54, 1.807) is 24.3 Å². The van der Waals surface area contributed by atoms with E-state index in [1.165, 1.54) is 17.9 Å². The lowest BCUT2D eigenvalue weighted by atomic mass is 10.2. The van der Waals surface area contributed by atoms with Crippen molar-refractivity contribution < 1.29 is 14.6 Å². The zero-order valence-electron chi connectivity index (χ0n) is 9.96. The number of aromatic nitrogens is 1. The van der Waals surface area contributed by atoms with Crippen molar-refractivity contribution in [1.82, 2.24) is 4.57 Å². The second-order valence-electron chi connectivity index (χ2n) is 3.74. The molecule has 0 unspecified atom stereocenters. The highest BCUT2D eigenvalue weighted by molar-refractivity contribution is 6.30. The molecule has 0 fully saturated rings. The number of hydrogen-bond acceptors (Lipinski definition) is 3. The molecule has 1 aromatic carbocycles. The summed E-state index contributed by atoms with van der Waals surface area (Å²) in [7, 11) is 1.35. The van der Waals surface area contributed by atoms with E-state index in [1.807, 2.05) is 0 Å². The predicted octanol–water partition coefficient (Wildman–Crippen LogP) is 2.20. The third-order valence-corrected chi connectivity index (χ3v) is 2.81. The van der Waals surface area contributed by atoms with Gasteiger partial charge < -0.3 is 14.4 Å². The van der Waals surface area contributed by atoms with Gasteiger partial charge in [-0.1, -0.05) is 11.6 Å². The summed E-state index contributed by atoms with van der Waals surface area (Å²) >= 11 is 5.78. The van der Waals surface area contributed by atoms with Crippen molar-refractivity contribution in [2.45, 2.75) is 0 Å². The Morgan fingerprint density at radius 3 is 2.47 bits per heavy atom. The van der Waals surface area contributed by atoms with Crippen LogP contribution in [0.3, 0.4) is 0 Å². The number of pyridine rings is 1. The molecule has 0 atom stereocenters. The number of benzene rings is 1. The van der Waals surface area contributed by atoms with Crippen molar-refractivity contribution in [1.29, 1.82) is 0 Å². The Labute approximate surface area is 113 Å². The van der Waals surface area contributed by atoms with Gasteiger partial charge in [0.15, 0.2) is 5.75 Å². The lowest BCUT2D eigenvalue weighted by molar-refractivity contribution is 0.0687. The highest BCUT2D eigenvalue weighted by atomic mass is 35.5. The van der Waals surface area contributed by atoms with Crippen LogP contribution in [-0.4, -0.2) is 22.8 Å². The van der Waals surface area contributed by atoms with Crippen LogP contribution in [0.15, 0.2) is 41.3 Å². The Morgan fingerprint density at radius 1 is 1.32 bits per heavy atom. The maximum atomic E-state index is 11.6. The maximum absolute atomic E-state index is 11.6. The topological polar surface area (TPSA) is 68.5 Å². The van der Waals surface area contributed by atoms with Crippen LogP contribution in [-0.2, 0) is 0 Å². The molecule has 5 nitrogen and oxygen atoms in total. The van der Waals surface area contributed by atoms with Gasteiger partial charge in [0.1, 0.15) is 5.69 Å². The first-order valence-electron chi connectivity index (χ1n) is 5.33. The minimum absolute atomic E-state index is 0.0694. The SMILES string of the molecule is COc1cn(-c2ccc(Cl)cc2)c(C(=O)O)cc1=O. The first kappa shape index (κ1) is 13.2. The van der Waals surface area contributed by atoms with Crippen molar-refractivity contribution >= 4 is 17.6 Å². The monoisotopic (exact) mass is 279 g/mol. The molecule has 0 aliphatic rings. The molecule has 0 spiro atoms. The van der Waals surface area contributed by atoms with Gasteiger partial charge in [0.2, 0.25) is 5.43 Å². The first-order valence-corrected chi connectivity index (χ1v) is 5.70. The van der Waals surface area contributed by atoms with E-state index >= 15 is 0 Å². The smallest absolute Gasteiger partial charge is 0.353 e. The van der Waals surface area contributed by atoms with E-state index in [4.69, 9.17) is 21.4 Å². The van der Waals surface area contributed by atoms with E-state index in [9.17, 15) is 9.59 Å². The third-order valence-electron chi connectivity index (χ3n) is 2.56. The fraction of sp³-hybridized carbons (Fsp3) is 0.0769. The van der Waals surface area contributed by atoms with Crippen LogP contribution in [0.25, 0.3) is 5.69 Å². The van der Waals surface area contributed by atoms with Crippen molar-refractivity contribution in [2.24, 2.45) is 0 Å². The molecule has 0 saturated heterocycles. The largest absolute Gasteiger partial charge is 0.491 e. The van der Waals surface area contributed by atoms with Crippen LogP contribution < -0.4 is 10.2 Å². The summed E-state index contributed by atoms with van der Waals surface area (Å²) in [6, 6.07) is 7.59. The number of hydrogen-bond donors (Lipinski definition) is 1. The quantitative estimate of drug-likeness (QED) is 0.935. The van der Waals surface area contributed by atoms with Crippen LogP contribution in [0.4, 0.5) is 0 Å². The van der Waals surface area contributed by atoms with E-state index in [0.29, 0.717) is 10.7 Å². The summed E-state index contributed by atoms with van der Waals surface area (Å²) in [5.74, 6) is -1.13. The average molecular weight is 280 g/mol. The highest BCUT2D eigenvalue weighted by Gasteiger charge is 2.14. The Balaban J connectivity index is 2.69. The lowest BCUT2D eigenvalue weighted by Crippen LogP contribution is -2.16. The van der Waals surface area contributed by atoms with Crippen LogP contribution in [0.1, 0.15) is 10.5 Å². The van der Waals surface area contributed by atoms with Gasteiger partial charge >= 0.3 is 5.97 Å². The van der Waals surface area contributed by atoms with Crippen molar-refractivity contribution in [3.8, 4) is 11.4 Å². The van der Waals surface area contributed by atoms with Gasteiger partial charge in [0.25, 0.3) is 0 Å². The molecule has 0 bridgehead atoms. The maximum Gasteiger partial charge on any atom is 0.353 e. The third kappa shape index (κ3) is 2.61. The van der Waals surface area contributed by atoms with Gasteiger partial charge in [-0.2, -0.15) is 0 Å². The number of aromatic carboxylic acids is 1. The summed E-state index contributed by atoms with van der Waals surface area (Å²) in [5.41, 5.74) is -0.0571. The number of methoxy groups -OCH3 is 1. The minimum atomic E-state index is -1.20. The van der Waals surface area contributed by atoms with E-state index in [-0.39, 0.29) is 11.4 Å². The molecule has 2 rings (SSSR count).